The highest BCUT2D eigenvalue weighted by atomic mass is 19.1. The summed E-state index contributed by atoms with van der Waals surface area (Å²) in [6.07, 6.45) is -1.65. The summed E-state index contributed by atoms with van der Waals surface area (Å²) in [5.41, 5.74) is 4.86. The fourth-order valence-corrected chi connectivity index (χ4v) is 1.08. The van der Waals surface area contributed by atoms with Crippen LogP contribution >= 0.6 is 0 Å². The normalized spacial score (nSPS) is 14.6. The summed E-state index contributed by atoms with van der Waals surface area (Å²) in [7, 11) is 0. The Morgan fingerprint density at radius 2 is 2.07 bits per heavy atom. The summed E-state index contributed by atoms with van der Waals surface area (Å²) >= 11 is 0. The van der Waals surface area contributed by atoms with E-state index in [1.165, 1.54) is 0 Å². The second kappa shape index (κ2) is 4.24. The van der Waals surface area contributed by atoms with Gasteiger partial charge in [-0.1, -0.05) is 0 Å². The quantitative estimate of drug-likeness (QED) is 0.567. The summed E-state index contributed by atoms with van der Waals surface area (Å²) in [4.78, 5) is 10.4. The largest absolute Gasteiger partial charge is 0.508 e. The smallest absolute Gasteiger partial charge is 0.323 e. The molecule has 0 amide bonds. The minimum absolute atomic E-state index is 0.261. The van der Waals surface area contributed by atoms with Crippen molar-refractivity contribution in [3.63, 3.8) is 0 Å². The lowest BCUT2D eigenvalue weighted by molar-refractivity contribution is -0.141. The van der Waals surface area contributed by atoms with E-state index in [0.717, 1.165) is 18.2 Å². The maximum Gasteiger partial charge on any atom is 0.323 e. The average molecular weight is 215 g/mol. The van der Waals surface area contributed by atoms with E-state index in [9.17, 15) is 14.3 Å². The number of carbonyl (C=O) groups is 1. The third kappa shape index (κ3) is 2.42. The maximum atomic E-state index is 13.2. The molecule has 5 N–H and O–H groups in total. The highest BCUT2D eigenvalue weighted by molar-refractivity contribution is 5.74. The summed E-state index contributed by atoms with van der Waals surface area (Å²) in [5.74, 6) is -2.65. The van der Waals surface area contributed by atoms with Crippen LogP contribution in [0.1, 0.15) is 11.7 Å². The van der Waals surface area contributed by atoms with Crippen molar-refractivity contribution in [2.24, 2.45) is 5.73 Å². The van der Waals surface area contributed by atoms with E-state index in [2.05, 4.69) is 0 Å². The minimum Gasteiger partial charge on any atom is -0.508 e. The van der Waals surface area contributed by atoms with E-state index in [1.54, 1.807) is 0 Å². The molecule has 15 heavy (non-hydrogen) atoms. The van der Waals surface area contributed by atoms with Gasteiger partial charge in [-0.3, -0.25) is 4.79 Å². The van der Waals surface area contributed by atoms with Crippen molar-refractivity contribution < 1.29 is 24.5 Å². The summed E-state index contributed by atoms with van der Waals surface area (Å²) in [6, 6.07) is 1.38. The first-order valence-electron chi connectivity index (χ1n) is 4.08. The van der Waals surface area contributed by atoms with Gasteiger partial charge in [-0.25, -0.2) is 4.39 Å². The Morgan fingerprint density at radius 1 is 1.47 bits per heavy atom. The first kappa shape index (κ1) is 11.4. The molecule has 0 spiro atoms. The number of hydrogen-bond donors (Lipinski definition) is 4. The monoisotopic (exact) mass is 215 g/mol. The fourth-order valence-electron chi connectivity index (χ4n) is 1.08. The van der Waals surface area contributed by atoms with Crippen LogP contribution in [0.15, 0.2) is 18.2 Å². The van der Waals surface area contributed by atoms with E-state index < -0.39 is 23.9 Å². The zero-order chi connectivity index (χ0) is 11.6. The molecule has 1 unspecified atom stereocenters. The lowest BCUT2D eigenvalue weighted by atomic mass is 10.0. The molecule has 82 valence electrons. The van der Waals surface area contributed by atoms with Gasteiger partial charge in [0.25, 0.3) is 0 Å². The van der Waals surface area contributed by atoms with Crippen LogP contribution in [0.4, 0.5) is 4.39 Å². The molecule has 0 fully saturated rings. The van der Waals surface area contributed by atoms with Crippen molar-refractivity contribution in [2.75, 3.05) is 0 Å². The van der Waals surface area contributed by atoms with Gasteiger partial charge in [0.1, 0.15) is 23.7 Å². The predicted molar refractivity (Wildman–Crippen MR) is 48.6 cm³/mol. The molecule has 0 saturated carbocycles. The second-order valence-electron chi connectivity index (χ2n) is 3.01. The van der Waals surface area contributed by atoms with Crippen molar-refractivity contribution in [3.8, 4) is 5.75 Å². The zero-order valence-corrected chi connectivity index (χ0v) is 7.59. The molecule has 1 aromatic rings. The second-order valence-corrected chi connectivity index (χ2v) is 3.01. The van der Waals surface area contributed by atoms with Gasteiger partial charge in [0.15, 0.2) is 0 Å². The number of phenols is 1. The van der Waals surface area contributed by atoms with Gasteiger partial charge < -0.3 is 21.1 Å². The Bertz CT molecular complexity index is 382. The molecule has 0 aliphatic carbocycles. The van der Waals surface area contributed by atoms with Crippen molar-refractivity contribution in [1.82, 2.24) is 0 Å². The van der Waals surface area contributed by atoms with Gasteiger partial charge >= 0.3 is 5.97 Å². The summed E-state index contributed by atoms with van der Waals surface area (Å²) < 4.78 is 13.2. The van der Waals surface area contributed by atoms with E-state index in [1.807, 2.05) is 0 Å². The van der Waals surface area contributed by atoms with Crippen LogP contribution in [0.5, 0.6) is 5.75 Å². The van der Waals surface area contributed by atoms with Gasteiger partial charge in [0.2, 0.25) is 0 Å². The number of carboxylic acids is 1. The van der Waals surface area contributed by atoms with E-state index >= 15 is 0 Å². The molecule has 6 heteroatoms. The molecule has 0 aliphatic heterocycles. The number of aliphatic hydroxyl groups excluding tert-OH is 1. The number of aliphatic hydroxyl groups is 1. The van der Waals surface area contributed by atoms with Crippen LogP contribution in [0.3, 0.4) is 0 Å². The van der Waals surface area contributed by atoms with Crippen molar-refractivity contribution in [3.05, 3.63) is 29.6 Å². The van der Waals surface area contributed by atoms with Crippen LogP contribution in [0.2, 0.25) is 0 Å². The van der Waals surface area contributed by atoms with Gasteiger partial charge in [-0.05, 0) is 12.1 Å². The van der Waals surface area contributed by atoms with Crippen molar-refractivity contribution >= 4 is 5.97 Å². The average Bonchev–Trinajstić information content (AvgIpc) is 2.15. The minimum atomic E-state index is -1.65. The number of rotatable bonds is 3. The number of hydrogen-bond acceptors (Lipinski definition) is 4. The number of aromatic hydroxyl groups is 1. The van der Waals surface area contributed by atoms with E-state index in [0.29, 0.717) is 0 Å². The lowest BCUT2D eigenvalue weighted by Gasteiger charge is -2.15. The van der Waals surface area contributed by atoms with E-state index in [4.69, 9.17) is 15.9 Å². The molecule has 1 aromatic carbocycles. The van der Waals surface area contributed by atoms with Crippen molar-refractivity contribution in [2.45, 2.75) is 12.1 Å². The Kier molecular flexibility index (Phi) is 3.23. The number of phenolic OH excluding ortho intramolecular Hbond substituents is 1. The van der Waals surface area contributed by atoms with Gasteiger partial charge in [-0.2, -0.15) is 0 Å². The van der Waals surface area contributed by atoms with Crippen LogP contribution in [-0.4, -0.2) is 27.3 Å². The molecule has 1 rings (SSSR count). The molecule has 0 aromatic heterocycles. The molecule has 0 heterocycles. The number of carboxylic acid groups (broad SMARTS) is 1. The fraction of sp³-hybridized carbons (Fsp3) is 0.222. The van der Waals surface area contributed by atoms with Gasteiger partial charge in [0, 0.05) is 11.6 Å². The number of benzene rings is 1. The zero-order valence-electron chi connectivity index (χ0n) is 7.59. The van der Waals surface area contributed by atoms with Crippen molar-refractivity contribution in [1.29, 1.82) is 0 Å². The molecule has 0 bridgehead atoms. The third-order valence-corrected chi connectivity index (χ3v) is 1.93. The summed E-state index contributed by atoms with van der Waals surface area (Å²) in [6.45, 7) is 0. The highest BCUT2D eigenvalue weighted by Crippen LogP contribution is 2.22. The van der Waals surface area contributed by atoms with E-state index in [-0.39, 0.29) is 11.3 Å². The topological polar surface area (TPSA) is 104 Å². The van der Waals surface area contributed by atoms with Crippen LogP contribution in [-0.2, 0) is 4.79 Å². The number of halogens is 1. The maximum absolute atomic E-state index is 13.2. The molecule has 0 saturated heterocycles. The Balaban J connectivity index is 3.01. The third-order valence-electron chi connectivity index (χ3n) is 1.93. The Hall–Kier alpha value is -1.66. The lowest BCUT2D eigenvalue weighted by Crippen LogP contribution is -2.36. The first-order chi connectivity index (χ1) is 6.93. The molecule has 0 aliphatic rings. The SMILES string of the molecule is N[C@H](C(=O)O)C(O)c1ccc(O)cc1F. The molecule has 2 atom stereocenters. The number of aliphatic carboxylic acids is 1. The molecular weight excluding hydrogens is 205 g/mol. The number of nitrogens with two attached hydrogens (primary N) is 1. The first-order valence-corrected chi connectivity index (χ1v) is 4.08. The van der Waals surface area contributed by atoms with Gasteiger partial charge in [-0.15, -0.1) is 0 Å². The Labute approximate surface area is 84.6 Å². The van der Waals surface area contributed by atoms with Crippen LogP contribution < -0.4 is 5.73 Å². The molecular formula is C9H10FNO4. The Morgan fingerprint density at radius 3 is 2.53 bits per heavy atom. The highest BCUT2D eigenvalue weighted by Gasteiger charge is 2.25. The van der Waals surface area contributed by atoms with Crippen LogP contribution in [0.25, 0.3) is 0 Å². The summed E-state index contributed by atoms with van der Waals surface area (Å²) in [5, 5.41) is 26.8. The molecule has 5 nitrogen and oxygen atoms in total. The molecule has 0 radical (unpaired) electrons. The standard InChI is InChI=1S/C9H10FNO4/c10-6-3-4(12)1-2-5(6)8(13)7(11)9(14)15/h1-3,7-8,12-13H,11H2,(H,14,15)/t7-,8?/m0/s1. The predicted octanol–water partition coefficient (Wildman–Crippen LogP) is -0.0234. The van der Waals surface area contributed by atoms with Crippen LogP contribution in [0, 0.1) is 5.82 Å². The van der Waals surface area contributed by atoms with Gasteiger partial charge in [0.05, 0.1) is 0 Å².